The minimum Gasteiger partial charge on any atom is -0.366 e. The Morgan fingerprint density at radius 1 is 1.32 bits per heavy atom. The van der Waals surface area contributed by atoms with Crippen molar-refractivity contribution in [2.45, 2.75) is 19.9 Å². The van der Waals surface area contributed by atoms with Crippen molar-refractivity contribution in [3.63, 3.8) is 0 Å². The number of hydrogen-bond acceptors (Lipinski definition) is 3. The van der Waals surface area contributed by atoms with Gasteiger partial charge >= 0.3 is 0 Å². The monoisotopic (exact) mass is 265 g/mol. The summed E-state index contributed by atoms with van der Waals surface area (Å²) in [5, 5.41) is 0. The first-order valence-electron chi connectivity index (χ1n) is 6.54. The molecule has 0 spiro atoms. The molecule has 0 unspecified atom stereocenters. The summed E-state index contributed by atoms with van der Waals surface area (Å²) in [6, 6.07) is 4.97. The lowest BCUT2D eigenvalue weighted by atomic mass is 10.1. The van der Waals surface area contributed by atoms with E-state index >= 15 is 0 Å². The summed E-state index contributed by atoms with van der Waals surface area (Å²) in [7, 11) is 0. The molecule has 19 heavy (non-hydrogen) atoms. The van der Waals surface area contributed by atoms with Crippen LogP contribution in [0.2, 0.25) is 0 Å². The van der Waals surface area contributed by atoms with Crippen LogP contribution in [0.3, 0.4) is 0 Å². The molecule has 0 bridgehead atoms. The van der Waals surface area contributed by atoms with Crippen LogP contribution < -0.4 is 10.6 Å². The van der Waals surface area contributed by atoms with Crippen LogP contribution in [0.1, 0.15) is 25.5 Å². The number of anilines is 1. The van der Waals surface area contributed by atoms with Crippen LogP contribution in [0.15, 0.2) is 18.2 Å². The number of nitrogens with zero attached hydrogens (tertiary/aromatic N) is 2. The van der Waals surface area contributed by atoms with Crippen molar-refractivity contribution in [3.8, 4) is 0 Å². The van der Waals surface area contributed by atoms with Gasteiger partial charge in [0.1, 0.15) is 5.82 Å². The highest BCUT2D eigenvalue weighted by Gasteiger charge is 2.21. The lowest BCUT2D eigenvalue weighted by Gasteiger charge is -2.35. The molecule has 1 atom stereocenters. The van der Waals surface area contributed by atoms with Gasteiger partial charge < -0.3 is 15.5 Å². The molecular weight excluding hydrogens is 245 g/mol. The highest BCUT2D eigenvalue weighted by molar-refractivity contribution is 5.73. The van der Waals surface area contributed by atoms with Crippen LogP contribution in [0.5, 0.6) is 0 Å². The third-order valence-electron chi connectivity index (χ3n) is 3.56. The number of benzene rings is 1. The molecule has 1 aromatic rings. The fourth-order valence-electron chi connectivity index (χ4n) is 2.33. The standard InChI is InChI=1S/C14H20FN3O/c1-10(16)12-3-4-14(13(15)9-12)18-7-5-17(6-8-18)11(2)19/h3-4,9-10H,5-8,16H2,1-2H3/t10-/m0/s1. The van der Waals surface area contributed by atoms with Crippen molar-refractivity contribution >= 4 is 11.6 Å². The maximum absolute atomic E-state index is 14.1. The number of amides is 1. The van der Waals surface area contributed by atoms with Gasteiger partial charge in [-0.25, -0.2) is 4.39 Å². The fraction of sp³-hybridized carbons (Fsp3) is 0.500. The van der Waals surface area contributed by atoms with Gasteiger partial charge in [0.25, 0.3) is 0 Å². The molecule has 0 aliphatic carbocycles. The molecule has 1 aromatic carbocycles. The van der Waals surface area contributed by atoms with Crippen molar-refractivity contribution in [3.05, 3.63) is 29.6 Å². The molecule has 1 aliphatic rings. The van der Waals surface area contributed by atoms with E-state index in [0.29, 0.717) is 31.9 Å². The Kier molecular flexibility index (Phi) is 4.04. The molecule has 0 aromatic heterocycles. The van der Waals surface area contributed by atoms with E-state index in [1.54, 1.807) is 17.9 Å². The summed E-state index contributed by atoms with van der Waals surface area (Å²) in [5.41, 5.74) is 7.12. The van der Waals surface area contributed by atoms with Gasteiger partial charge in [-0.1, -0.05) is 6.07 Å². The SMILES string of the molecule is CC(=O)N1CCN(c2ccc([C@H](C)N)cc2F)CC1. The van der Waals surface area contributed by atoms with E-state index in [1.165, 1.54) is 6.07 Å². The molecule has 0 radical (unpaired) electrons. The van der Waals surface area contributed by atoms with Gasteiger partial charge in [-0.2, -0.15) is 0 Å². The van der Waals surface area contributed by atoms with Crippen LogP contribution >= 0.6 is 0 Å². The summed E-state index contributed by atoms with van der Waals surface area (Å²) in [5.74, 6) is -0.168. The lowest BCUT2D eigenvalue weighted by Crippen LogP contribution is -2.48. The normalized spacial score (nSPS) is 17.5. The summed E-state index contributed by atoms with van der Waals surface area (Å²) in [6.45, 7) is 6.00. The van der Waals surface area contributed by atoms with E-state index in [-0.39, 0.29) is 17.8 Å². The fourth-order valence-corrected chi connectivity index (χ4v) is 2.33. The number of halogens is 1. The van der Waals surface area contributed by atoms with Gasteiger partial charge in [0.15, 0.2) is 0 Å². The first-order valence-corrected chi connectivity index (χ1v) is 6.54. The Morgan fingerprint density at radius 2 is 1.95 bits per heavy atom. The molecule has 104 valence electrons. The first kappa shape index (κ1) is 13.8. The van der Waals surface area contributed by atoms with Gasteiger partial charge in [-0.3, -0.25) is 4.79 Å². The highest BCUT2D eigenvalue weighted by Crippen LogP contribution is 2.23. The zero-order chi connectivity index (χ0) is 14.0. The number of carbonyl (C=O) groups excluding carboxylic acids is 1. The van der Waals surface area contributed by atoms with Gasteiger partial charge in [0.05, 0.1) is 5.69 Å². The van der Waals surface area contributed by atoms with Crippen LogP contribution in [-0.4, -0.2) is 37.0 Å². The second-order valence-corrected chi connectivity index (χ2v) is 4.99. The molecule has 4 nitrogen and oxygen atoms in total. The molecule has 2 rings (SSSR count). The predicted molar refractivity (Wildman–Crippen MR) is 73.5 cm³/mol. The minimum atomic E-state index is -0.244. The van der Waals surface area contributed by atoms with Crippen molar-refractivity contribution in [1.82, 2.24) is 4.90 Å². The summed E-state index contributed by atoms with van der Waals surface area (Å²) in [6.07, 6.45) is 0. The molecule has 1 amide bonds. The van der Waals surface area contributed by atoms with Gasteiger partial charge in [0, 0.05) is 39.1 Å². The highest BCUT2D eigenvalue weighted by atomic mass is 19.1. The molecule has 2 N–H and O–H groups in total. The Labute approximate surface area is 113 Å². The minimum absolute atomic E-state index is 0.0763. The summed E-state index contributed by atoms with van der Waals surface area (Å²) >= 11 is 0. The quantitative estimate of drug-likeness (QED) is 0.882. The Bertz CT molecular complexity index is 468. The van der Waals surface area contributed by atoms with Crippen molar-refractivity contribution in [2.75, 3.05) is 31.1 Å². The predicted octanol–water partition coefficient (Wildman–Crippen LogP) is 1.51. The molecule has 1 saturated heterocycles. The zero-order valence-electron chi connectivity index (χ0n) is 11.4. The molecule has 1 fully saturated rings. The number of hydrogen-bond donors (Lipinski definition) is 1. The molecule has 1 heterocycles. The van der Waals surface area contributed by atoms with Gasteiger partial charge in [-0.05, 0) is 24.6 Å². The number of piperazine rings is 1. The average molecular weight is 265 g/mol. The van der Waals surface area contributed by atoms with E-state index in [2.05, 4.69) is 0 Å². The van der Waals surface area contributed by atoms with E-state index in [1.807, 2.05) is 17.9 Å². The molecule has 1 aliphatic heterocycles. The zero-order valence-corrected chi connectivity index (χ0v) is 11.4. The first-order chi connectivity index (χ1) is 8.99. The van der Waals surface area contributed by atoms with Crippen LogP contribution in [0.4, 0.5) is 10.1 Å². The summed E-state index contributed by atoms with van der Waals surface area (Å²) in [4.78, 5) is 15.0. The van der Waals surface area contributed by atoms with E-state index in [9.17, 15) is 9.18 Å². The van der Waals surface area contributed by atoms with Crippen LogP contribution in [0.25, 0.3) is 0 Å². The van der Waals surface area contributed by atoms with Gasteiger partial charge in [0.2, 0.25) is 5.91 Å². The Morgan fingerprint density at radius 3 is 2.42 bits per heavy atom. The number of nitrogens with two attached hydrogens (primary N) is 1. The van der Waals surface area contributed by atoms with Gasteiger partial charge in [-0.15, -0.1) is 0 Å². The Balaban J connectivity index is 2.09. The lowest BCUT2D eigenvalue weighted by molar-refractivity contribution is -0.129. The molecule has 5 heteroatoms. The maximum atomic E-state index is 14.1. The second-order valence-electron chi connectivity index (χ2n) is 4.99. The number of carbonyl (C=O) groups is 1. The molecule has 0 saturated carbocycles. The van der Waals surface area contributed by atoms with E-state index < -0.39 is 0 Å². The van der Waals surface area contributed by atoms with Crippen molar-refractivity contribution in [1.29, 1.82) is 0 Å². The van der Waals surface area contributed by atoms with E-state index in [4.69, 9.17) is 5.73 Å². The smallest absolute Gasteiger partial charge is 0.219 e. The molecular formula is C14H20FN3O. The van der Waals surface area contributed by atoms with Crippen LogP contribution in [-0.2, 0) is 4.79 Å². The second kappa shape index (κ2) is 5.57. The van der Waals surface area contributed by atoms with E-state index in [0.717, 1.165) is 5.56 Å². The Hall–Kier alpha value is -1.62. The third kappa shape index (κ3) is 3.04. The topological polar surface area (TPSA) is 49.6 Å². The van der Waals surface area contributed by atoms with Crippen molar-refractivity contribution in [2.24, 2.45) is 5.73 Å². The third-order valence-corrected chi connectivity index (χ3v) is 3.56. The average Bonchev–Trinajstić information content (AvgIpc) is 2.38. The maximum Gasteiger partial charge on any atom is 0.219 e. The number of rotatable bonds is 2. The van der Waals surface area contributed by atoms with Crippen molar-refractivity contribution < 1.29 is 9.18 Å². The largest absolute Gasteiger partial charge is 0.366 e. The summed E-state index contributed by atoms with van der Waals surface area (Å²) < 4.78 is 14.1. The van der Waals surface area contributed by atoms with Crippen LogP contribution in [0, 0.1) is 5.82 Å².